The van der Waals surface area contributed by atoms with Crippen LogP contribution in [0.2, 0.25) is 0 Å². The number of hydrogen-bond donors (Lipinski definition) is 0. The average Bonchev–Trinajstić information content (AvgIpc) is 3.19. The van der Waals surface area contributed by atoms with Crippen LogP contribution in [0.15, 0.2) is 56.5 Å². The summed E-state index contributed by atoms with van der Waals surface area (Å²) in [6.07, 6.45) is 1.52. The molecule has 0 atom stereocenters. The van der Waals surface area contributed by atoms with Crippen molar-refractivity contribution in [1.82, 2.24) is 9.46 Å². The van der Waals surface area contributed by atoms with Gasteiger partial charge in [-0.2, -0.15) is 4.31 Å². The topological polar surface area (TPSA) is 76.6 Å². The fourth-order valence-corrected chi connectivity index (χ4v) is 3.79. The molecule has 126 valence electrons. The number of aromatic nitrogens is 1. The van der Waals surface area contributed by atoms with E-state index >= 15 is 0 Å². The molecular formula is C17H18N2O4S. The van der Waals surface area contributed by atoms with Crippen LogP contribution in [0.4, 0.5) is 0 Å². The van der Waals surface area contributed by atoms with Crippen LogP contribution in [-0.4, -0.2) is 24.9 Å². The van der Waals surface area contributed by atoms with Crippen molar-refractivity contribution in [1.29, 1.82) is 0 Å². The van der Waals surface area contributed by atoms with Crippen molar-refractivity contribution in [3.63, 3.8) is 0 Å². The minimum atomic E-state index is -3.66. The maximum Gasteiger partial charge on any atom is 0.243 e. The molecule has 7 heteroatoms. The van der Waals surface area contributed by atoms with E-state index in [2.05, 4.69) is 5.16 Å². The second-order valence-corrected chi connectivity index (χ2v) is 7.67. The Morgan fingerprint density at radius 2 is 1.96 bits per heavy atom. The predicted molar refractivity (Wildman–Crippen MR) is 88.8 cm³/mol. The van der Waals surface area contributed by atoms with Crippen LogP contribution in [0, 0.1) is 13.8 Å². The Labute approximate surface area is 140 Å². The first-order chi connectivity index (χ1) is 11.4. The average molecular weight is 346 g/mol. The van der Waals surface area contributed by atoms with E-state index in [1.165, 1.54) is 17.6 Å². The summed E-state index contributed by atoms with van der Waals surface area (Å²) in [6.45, 7) is 3.75. The Balaban J connectivity index is 1.97. The molecule has 0 aliphatic rings. The smallest absolute Gasteiger partial charge is 0.243 e. The van der Waals surface area contributed by atoms with Crippen LogP contribution in [0.25, 0.3) is 11.3 Å². The lowest BCUT2D eigenvalue weighted by molar-refractivity contribution is 0.406. The minimum Gasteiger partial charge on any atom is -0.468 e. The molecule has 0 amide bonds. The fourth-order valence-electron chi connectivity index (χ4n) is 2.41. The van der Waals surface area contributed by atoms with Gasteiger partial charge in [0.15, 0.2) is 5.76 Å². The van der Waals surface area contributed by atoms with Gasteiger partial charge in [0.25, 0.3) is 0 Å². The van der Waals surface area contributed by atoms with Gasteiger partial charge in [-0.1, -0.05) is 17.3 Å². The van der Waals surface area contributed by atoms with E-state index in [0.717, 1.165) is 5.69 Å². The Morgan fingerprint density at radius 1 is 1.17 bits per heavy atom. The second-order valence-electron chi connectivity index (χ2n) is 5.65. The van der Waals surface area contributed by atoms with Gasteiger partial charge in [0.2, 0.25) is 10.0 Å². The van der Waals surface area contributed by atoms with Crippen LogP contribution in [0.3, 0.4) is 0 Å². The van der Waals surface area contributed by atoms with E-state index < -0.39 is 10.0 Å². The third kappa shape index (κ3) is 3.13. The molecule has 2 aromatic heterocycles. The Kier molecular flexibility index (Phi) is 4.29. The highest BCUT2D eigenvalue weighted by molar-refractivity contribution is 7.89. The van der Waals surface area contributed by atoms with Crippen molar-refractivity contribution in [2.45, 2.75) is 25.3 Å². The molecule has 3 aromatic rings. The van der Waals surface area contributed by atoms with Gasteiger partial charge in [0.05, 0.1) is 23.4 Å². The largest absolute Gasteiger partial charge is 0.468 e. The second kappa shape index (κ2) is 6.26. The van der Waals surface area contributed by atoms with Crippen LogP contribution < -0.4 is 0 Å². The van der Waals surface area contributed by atoms with E-state index in [1.54, 1.807) is 37.3 Å². The van der Waals surface area contributed by atoms with Crippen molar-refractivity contribution in [3.8, 4) is 11.3 Å². The molecule has 0 aliphatic carbocycles. The van der Waals surface area contributed by atoms with E-state index in [9.17, 15) is 8.42 Å². The number of sulfonamides is 1. The molecule has 3 rings (SSSR count). The number of rotatable bonds is 5. The third-order valence-corrected chi connectivity index (χ3v) is 5.69. The van der Waals surface area contributed by atoms with E-state index in [1.807, 2.05) is 13.0 Å². The van der Waals surface area contributed by atoms with Gasteiger partial charge < -0.3 is 8.94 Å². The molecule has 0 saturated heterocycles. The summed E-state index contributed by atoms with van der Waals surface area (Å²) < 4.78 is 37.5. The molecule has 1 aromatic carbocycles. The van der Waals surface area contributed by atoms with E-state index in [4.69, 9.17) is 8.94 Å². The first-order valence-electron chi connectivity index (χ1n) is 7.41. The van der Waals surface area contributed by atoms with Gasteiger partial charge in [-0.3, -0.25) is 0 Å². The zero-order valence-electron chi connectivity index (χ0n) is 13.7. The van der Waals surface area contributed by atoms with Crippen LogP contribution in [0.1, 0.15) is 17.0 Å². The third-order valence-electron chi connectivity index (χ3n) is 3.75. The summed E-state index contributed by atoms with van der Waals surface area (Å²) in [5.74, 6) is 1.12. The van der Waals surface area contributed by atoms with Gasteiger partial charge in [-0.25, -0.2) is 8.42 Å². The maximum absolute atomic E-state index is 12.9. The molecule has 0 bridgehead atoms. The number of benzene rings is 1. The highest BCUT2D eigenvalue weighted by atomic mass is 32.2. The monoisotopic (exact) mass is 346 g/mol. The Morgan fingerprint density at radius 3 is 2.58 bits per heavy atom. The fraction of sp³-hybridized carbons (Fsp3) is 0.235. The summed E-state index contributed by atoms with van der Waals surface area (Å²) >= 11 is 0. The lowest BCUT2D eigenvalue weighted by atomic mass is 10.1. The van der Waals surface area contributed by atoms with Crippen molar-refractivity contribution in [2.75, 3.05) is 7.05 Å². The lowest BCUT2D eigenvalue weighted by Gasteiger charge is -2.18. The molecule has 0 aliphatic heterocycles. The summed E-state index contributed by atoms with van der Waals surface area (Å²) in [6, 6.07) is 10.4. The Bertz CT molecular complexity index is 943. The molecule has 2 heterocycles. The van der Waals surface area contributed by atoms with Gasteiger partial charge in [0, 0.05) is 18.7 Å². The molecule has 0 N–H and O–H groups in total. The summed E-state index contributed by atoms with van der Waals surface area (Å²) in [5, 5.41) is 3.85. The molecule has 0 unspecified atom stereocenters. The van der Waals surface area contributed by atoms with Gasteiger partial charge >= 0.3 is 0 Å². The molecule has 0 fully saturated rings. The molecule has 24 heavy (non-hydrogen) atoms. The number of furan rings is 1. The zero-order chi connectivity index (χ0) is 17.3. The first kappa shape index (κ1) is 16.5. The quantitative estimate of drug-likeness (QED) is 0.708. The number of hydrogen-bond acceptors (Lipinski definition) is 5. The normalized spacial score (nSPS) is 12.0. The summed E-state index contributed by atoms with van der Waals surface area (Å²) in [5.41, 5.74) is 2.08. The lowest BCUT2D eigenvalue weighted by Crippen LogP contribution is -2.27. The molecule has 6 nitrogen and oxygen atoms in total. The maximum atomic E-state index is 12.9. The number of nitrogens with zero attached hydrogens (tertiary/aromatic N) is 2. The van der Waals surface area contributed by atoms with Crippen LogP contribution >= 0.6 is 0 Å². The minimum absolute atomic E-state index is 0.167. The highest BCUT2D eigenvalue weighted by Gasteiger charge is 2.24. The van der Waals surface area contributed by atoms with Gasteiger partial charge in [-0.15, -0.1) is 0 Å². The van der Waals surface area contributed by atoms with Gasteiger partial charge in [0.1, 0.15) is 5.76 Å². The summed E-state index contributed by atoms with van der Waals surface area (Å²) in [4.78, 5) is 0.239. The standard InChI is InChI=1S/C17H18N2O4S/c1-12-6-7-14(16-9-13(2)18-23-16)10-17(12)24(20,21)19(3)11-15-5-4-8-22-15/h4-10H,11H2,1-3H3. The highest BCUT2D eigenvalue weighted by Crippen LogP contribution is 2.27. The van der Waals surface area contributed by atoms with Crippen molar-refractivity contribution >= 4 is 10.0 Å². The van der Waals surface area contributed by atoms with Crippen LogP contribution in [0.5, 0.6) is 0 Å². The van der Waals surface area contributed by atoms with Crippen molar-refractivity contribution in [3.05, 3.63) is 59.7 Å². The predicted octanol–water partition coefficient (Wildman–Crippen LogP) is 3.37. The van der Waals surface area contributed by atoms with Crippen molar-refractivity contribution < 1.29 is 17.4 Å². The van der Waals surface area contributed by atoms with Gasteiger partial charge in [-0.05, 0) is 37.6 Å². The van der Waals surface area contributed by atoms with E-state index in [-0.39, 0.29) is 11.4 Å². The Hall–Kier alpha value is -2.38. The summed E-state index contributed by atoms with van der Waals surface area (Å²) in [7, 11) is -2.13. The SMILES string of the molecule is Cc1cc(-c2ccc(C)c(S(=O)(=O)N(C)Cc3ccco3)c2)on1. The zero-order valence-corrected chi connectivity index (χ0v) is 14.5. The first-order valence-corrected chi connectivity index (χ1v) is 8.85. The molecule has 0 radical (unpaired) electrons. The molecular weight excluding hydrogens is 328 g/mol. The number of aryl methyl sites for hydroxylation is 2. The van der Waals surface area contributed by atoms with Crippen molar-refractivity contribution in [2.24, 2.45) is 0 Å². The molecule has 0 spiro atoms. The van der Waals surface area contributed by atoms with E-state index in [0.29, 0.717) is 22.6 Å². The molecule has 0 saturated carbocycles. The van der Waals surface area contributed by atoms with Crippen LogP contribution in [-0.2, 0) is 16.6 Å².